The van der Waals surface area contributed by atoms with Crippen LogP contribution in [0.25, 0.3) is 0 Å². The summed E-state index contributed by atoms with van der Waals surface area (Å²) >= 11 is 0. The van der Waals surface area contributed by atoms with Crippen LogP contribution in [-0.4, -0.2) is 13.7 Å². The van der Waals surface area contributed by atoms with Crippen molar-refractivity contribution in [3.8, 4) is 5.75 Å². The number of nitrogens with one attached hydrogen (secondary N) is 1. The van der Waals surface area contributed by atoms with E-state index in [-0.39, 0.29) is 11.9 Å². The highest BCUT2D eigenvalue weighted by atomic mass is 19.1. The van der Waals surface area contributed by atoms with E-state index in [4.69, 9.17) is 4.74 Å². The van der Waals surface area contributed by atoms with E-state index >= 15 is 0 Å². The molecule has 2 nitrogen and oxygen atoms in total. The van der Waals surface area contributed by atoms with Crippen LogP contribution in [0.4, 0.5) is 4.39 Å². The number of halogens is 1. The Bertz CT molecular complexity index is 376. The summed E-state index contributed by atoms with van der Waals surface area (Å²) in [5, 5.41) is 3.15. The molecule has 0 aliphatic heterocycles. The molecule has 1 fully saturated rings. The van der Waals surface area contributed by atoms with E-state index in [0.29, 0.717) is 12.4 Å². The average molecular weight is 237 g/mol. The molecule has 2 rings (SSSR count). The lowest BCUT2D eigenvalue weighted by Gasteiger charge is -2.16. The van der Waals surface area contributed by atoms with Gasteiger partial charge >= 0.3 is 0 Å². The third-order valence-electron chi connectivity index (χ3n) is 3.36. The van der Waals surface area contributed by atoms with Gasteiger partial charge in [0.1, 0.15) is 11.6 Å². The largest absolute Gasteiger partial charge is 0.493 e. The fourth-order valence-electron chi connectivity index (χ4n) is 1.89. The van der Waals surface area contributed by atoms with Crippen molar-refractivity contribution in [1.82, 2.24) is 5.32 Å². The molecule has 3 heteroatoms. The number of hydrogen-bond acceptors (Lipinski definition) is 2. The SMILES string of the molecule is CNC(C)c1ccc(F)cc1OCCC1CC1. The first-order valence-electron chi connectivity index (χ1n) is 6.30. The van der Waals surface area contributed by atoms with Crippen LogP contribution in [-0.2, 0) is 0 Å². The Morgan fingerprint density at radius 2 is 2.24 bits per heavy atom. The van der Waals surface area contributed by atoms with Crippen LogP contribution in [0, 0.1) is 11.7 Å². The molecule has 1 unspecified atom stereocenters. The van der Waals surface area contributed by atoms with Crippen LogP contribution in [0.5, 0.6) is 5.75 Å². The Morgan fingerprint density at radius 3 is 2.88 bits per heavy atom. The second-order valence-corrected chi connectivity index (χ2v) is 4.77. The monoisotopic (exact) mass is 237 g/mol. The van der Waals surface area contributed by atoms with Crippen molar-refractivity contribution in [3.63, 3.8) is 0 Å². The maximum atomic E-state index is 13.2. The zero-order valence-corrected chi connectivity index (χ0v) is 10.5. The summed E-state index contributed by atoms with van der Waals surface area (Å²) < 4.78 is 18.9. The van der Waals surface area contributed by atoms with E-state index in [9.17, 15) is 4.39 Å². The second kappa shape index (κ2) is 5.50. The Kier molecular flexibility index (Phi) is 4.00. The zero-order chi connectivity index (χ0) is 12.3. The molecule has 1 N–H and O–H groups in total. The summed E-state index contributed by atoms with van der Waals surface area (Å²) in [6.45, 7) is 2.73. The first kappa shape index (κ1) is 12.4. The highest BCUT2D eigenvalue weighted by Crippen LogP contribution is 2.33. The Balaban J connectivity index is 2.02. The number of ether oxygens (including phenoxy) is 1. The summed E-state index contributed by atoms with van der Waals surface area (Å²) in [4.78, 5) is 0. The van der Waals surface area contributed by atoms with Crippen LogP contribution in [0.15, 0.2) is 18.2 Å². The quantitative estimate of drug-likeness (QED) is 0.819. The normalized spacial score (nSPS) is 16.9. The maximum Gasteiger partial charge on any atom is 0.126 e. The fourth-order valence-corrected chi connectivity index (χ4v) is 1.89. The minimum atomic E-state index is -0.238. The van der Waals surface area contributed by atoms with Gasteiger partial charge in [-0.2, -0.15) is 0 Å². The molecule has 17 heavy (non-hydrogen) atoms. The number of benzene rings is 1. The lowest BCUT2D eigenvalue weighted by Crippen LogP contribution is -2.14. The van der Waals surface area contributed by atoms with Gasteiger partial charge in [0.05, 0.1) is 6.61 Å². The van der Waals surface area contributed by atoms with Gasteiger partial charge in [-0.25, -0.2) is 4.39 Å². The molecule has 0 aromatic heterocycles. The number of rotatable bonds is 6. The van der Waals surface area contributed by atoms with Gasteiger partial charge in [0.15, 0.2) is 0 Å². The molecule has 1 atom stereocenters. The predicted molar refractivity (Wildman–Crippen MR) is 66.7 cm³/mol. The van der Waals surface area contributed by atoms with Crippen molar-refractivity contribution >= 4 is 0 Å². The van der Waals surface area contributed by atoms with Gasteiger partial charge in [-0.3, -0.25) is 0 Å². The van der Waals surface area contributed by atoms with E-state index < -0.39 is 0 Å². The Hall–Kier alpha value is -1.09. The molecule has 0 saturated heterocycles. The molecule has 94 valence electrons. The van der Waals surface area contributed by atoms with Crippen LogP contribution < -0.4 is 10.1 Å². The lowest BCUT2D eigenvalue weighted by atomic mass is 10.1. The first-order valence-corrected chi connectivity index (χ1v) is 6.30. The van der Waals surface area contributed by atoms with Crippen molar-refractivity contribution in [2.45, 2.75) is 32.2 Å². The third kappa shape index (κ3) is 3.43. The highest BCUT2D eigenvalue weighted by molar-refractivity contribution is 5.36. The van der Waals surface area contributed by atoms with E-state index in [2.05, 4.69) is 5.32 Å². The molecule has 0 bridgehead atoms. The van der Waals surface area contributed by atoms with Gasteiger partial charge in [0.25, 0.3) is 0 Å². The smallest absolute Gasteiger partial charge is 0.126 e. The van der Waals surface area contributed by atoms with Crippen molar-refractivity contribution in [2.75, 3.05) is 13.7 Å². The molecule has 0 amide bonds. The topological polar surface area (TPSA) is 21.3 Å². The predicted octanol–water partition coefficient (Wildman–Crippen LogP) is 3.29. The summed E-state index contributed by atoms with van der Waals surface area (Å²) in [5.74, 6) is 1.28. The van der Waals surface area contributed by atoms with Crippen molar-refractivity contribution in [2.24, 2.45) is 5.92 Å². The molecule has 0 radical (unpaired) electrons. The highest BCUT2D eigenvalue weighted by Gasteiger charge is 2.21. The number of hydrogen-bond donors (Lipinski definition) is 1. The van der Waals surface area contributed by atoms with Gasteiger partial charge < -0.3 is 10.1 Å². The molecule has 1 aliphatic rings. The molecule has 1 aliphatic carbocycles. The van der Waals surface area contributed by atoms with Gasteiger partial charge in [0.2, 0.25) is 0 Å². The van der Waals surface area contributed by atoms with E-state index in [1.165, 1.54) is 25.0 Å². The summed E-state index contributed by atoms with van der Waals surface area (Å²) in [7, 11) is 1.89. The molecule has 0 heterocycles. The minimum Gasteiger partial charge on any atom is -0.493 e. The molecule has 0 spiro atoms. The zero-order valence-electron chi connectivity index (χ0n) is 10.5. The Morgan fingerprint density at radius 1 is 1.47 bits per heavy atom. The van der Waals surface area contributed by atoms with Crippen molar-refractivity contribution in [1.29, 1.82) is 0 Å². The van der Waals surface area contributed by atoms with Gasteiger partial charge in [-0.15, -0.1) is 0 Å². The summed E-state index contributed by atoms with van der Waals surface area (Å²) in [5.41, 5.74) is 1.02. The molecular weight excluding hydrogens is 217 g/mol. The standard InChI is InChI=1S/C14H20FNO/c1-10(16-2)13-6-5-12(15)9-14(13)17-8-7-11-3-4-11/h5-6,9-11,16H,3-4,7-8H2,1-2H3. The van der Waals surface area contributed by atoms with Crippen LogP contribution in [0.3, 0.4) is 0 Å². The fraction of sp³-hybridized carbons (Fsp3) is 0.571. The van der Waals surface area contributed by atoms with E-state index in [1.54, 1.807) is 6.07 Å². The third-order valence-corrected chi connectivity index (χ3v) is 3.36. The maximum absolute atomic E-state index is 13.2. The lowest BCUT2D eigenvalue weighted by molar-refractivity contribution is 0.295. The van der Waals surface area contributed by atoms with E-state index in [0.717, 1.165) is 17.9 Å². The van der Waals surface area contributed by atoms with Crippen LogP contribution >= 0.6 is 0 Å². The first-order chi connectivity index (χ1) is 8.20. The van der Waals surface area contributed by atoms with Gasteiger partial charge in [0, 0.05) is 17.7 Å². The molecule has 1 saturated carbocycles. The Labute approximate surface area is 102 Å². The second-order valence-electron chi connectivity index (χ2n) is 4.77. The summed E-state index contributed by atoms with van der Waals surface area (Å²) in [6, 6.07) is 4.93. The molecule has 1 aromatic carbocycles. The van der Waals surface area contributed by atoms with Crippen molar-refractivity contribution in [3.05, 3.63) is 29.6 Å². The summed E-state index contributed by atoms with van der Waals surface area (Å²) in [6.07, 6.45) is 3.74. The minimum absolute atomic E-state index is 0.173. The van der Waals surface area contributed by atoms with E-state index in [1.807, 2.05) is 14.0 Å². The van der Waals surface area contributed by atoms with Gasteiger partial charge in [-0.05, 0) is 32.4 Å². The molecular formula is C14H20FNO. The van der Waals surface area contributed by atoms with Gasteiger partial charge in [-0.1, -0.05) is 18.9 Å². The van der Waals surface area contributed by atoms with Crippen LogP contribution in [0.2, 0.25) is 0 Å². The molecule has 1 aromatic rings. The van der Waals surface area contributed by atoms with Crippen molar-refractivity contribution < 1.29 is 9.13 Å². The average Bonchev–Trinajstić information content (AvgIpc) is 3.12. The van der Waals surface area contributed by atoms with Crippen LogP contribution in [0.1, 0.15) is 37.8 Å².